The Hall–Kier alpha value is 0.0200. The predicted octanol–water partition coefficient (Wildman–Crippen LogP) is -4.17. The summed E-state index contributed by atoms with van der Waals surface area (Å²) in [5, 5.41) is 0. The Kier molecular flexibility index (Phi) is 8.56. The predicted molar refractivity (Wildman–Crippen MR) is 87.0 cm³/mol. The maximum atomic E-state index is 12.3. The van der Waals surface area contributed by atoms with E-state index in [1.54, 1.807) is 0 Å². The van der Waals surface area contributed by atoms with E-state index in [1.807, 2.05) is 0 Å². The SMILES string of the molecule is O=C1C(=Cc2ccc(S(=O)(=O)[O-])cc2)Sc2cc(S(=O)(=O)[O-])ccc21.[Na+].[Na+]. The van der Waals surface area contributed by atoms with Crippen molar-refractivity contribution in [2.24, 2.45) is 0 Å². The molecule has 2 aromatic rings. The first kappa shape index (κ1) is 25.1. The summed E-state index contributed by atoms with van der Waals surface area (Å²) in [4.78, 5) is 12.2. The topological polar surface area (TPSA) is 131 Å². The van der Waals surface area contributed by atoms with Gasteiger partial charge in [-0.2, -0.15) is 0 Å². The molecule has 1 heterocycles. The molecule has 0 unspecified atom stereocenters. The second-order valence-corrected chi connectivity index (χ2v) is 8.92. The van der Waals surface area contributed by atoms with Crippen molar-refractivity contribution in [2.45, 2.75) is 14.7 Å². The molecule has 130 valence electrons. The van der Waals surface area contributed by atoms with Crippen LogP contribution in [0.15, 0.2) is 62.1 Å². The van der Waals surface area contributed by atoms with E-state index in [4.69, 9.17) is 0 Å². The monoisotopic (exact) mass is 442 g/mol. The first-order valence-corrected chi connectivity index (χ1v) is 10.3. The third-order valence-corrected chi connectivity index (χ3v) is 6.16. The van der Waals surface area contributed by atoms with Gasteiger partial charge in [0.1, 0.15) is 20.2 Å². The number of benzene rings is 2. The number of carbonyl (C=O) groups is 1. The number of ketones is 1. The number of allylic oxidation sites excluding steroid dienone is 1. The maximum Gasteiger partial charge on any atom is 1.00 e. The molecule has 2 aromatic carbocycles. The van der Waals surface area contributed by atoms with Gasteiger partial charge in [-0.05, 0) is 42.0 Å². The first-order valence-electron chi connectivity index (χ1n) is 6.66. The molecule has 7 nitrogen and oxygen atoms in total. The number of Topliss-reactive ketones (excluding diaryl/α,β-unsaturated/α-hetero) is 1. The van der Waals surface area contributed by atoms with Crippen molar-refractivity contribution in [2.75, 3.05) is 0 Å². The second-order valence-electron chi connectivity index (χ2n) is 5.08. The standard InChI is InChI=1S/C15H10O7S3.2Na/c16-15-12-6-5-11(25(20,21)22)8-13(12)23-14(15)7-9-1-3-10(4-2-9)24(17,18)19;;/h1-8H,(H,17,18,19)(H,20,21,22);;/q;2*+1/p-2. The Morgan fingerprint density at radius 1 is 0.815 bits per heavy atom. The third-order valence-electron chi connectivity index (χ3n) is 3.40. The van der Waals surface area contributed by atoms with Crippen molar-refractivity contribution < 1.29 is 89.9 Å². The first-order chi connectivity index (χ1) is 11.6. The summed E-state index contributed by atoms with van der Waals surface area (Å²) in [6.07, 6.45) is 1.49. The molecule has 27 heavy (non-hydrogen) atoms. The van der Waals surface area contributed by atoms with Gasteiger partial charge in [-0.3, -0.25) is 4.79 Å². The molecule has 0 saturated carbocycles. The van der Waals surface area contributed by atoms with Gasteiger partial charge >= 0.3 is 59.1 Å². The normalized spacial score (nSPS) is 15.0. The fourth-order valence-corrected chi connectivity index (χ4v) is 4.34. The zero-order valence-corrected chi connectivity index (χ0v) is 20.7. The van der Waals surface area contributed by atoms with E-state index in [0.29, 0.717) is 10.5 Å². The van der Waals surface area contributed by atoms with Crippen molar-refractivity contribution >= 4 is 43.9 Å². The average molecular weight is 442 g/mol. The summed E-state index contributed by atoms with van der Waals surface area (Å²) >= 11 is 1.01. The molecule has 0 aromatic heterocycles. The van der Waals surface area contributed by atoms with Gasteiger partial charge in [0.15, 0.2) is 0 Å². The summed E-state index contributed by atoms with van der Waals surface area (Å²) in [5.41, 5.74) is 0.773. The summed E-state index contributed by atoms with van der Waals surface area (Å²) < 4.78 is 65.9. The van der Waals surface area contributed by atoms with Crippen LogP contribution in [0.5, 0.6) is 0 Å². The molecule has 3 rings (SSSR count). The number of fused-ring (bicyclic) bond motifs is 1. The largest absolute Gasteiger partial charge is 1.00 e. The van der Waals surface area contributed by atoms with Crippen molar-refractivity contribution in [3.05, 3.63) is 58.5 Å². The van der Waals surface area contributed by atoms with Crippen molar-refractivity contribution in [3.63, 3.8) is 0 Å². The van der Waals surface area contributed by atoms with E-state index in [9.17, 15) is 30.7 Å². The number of hydrogen-bond donors (Lipinski definition) is 0. The van der Waals surface area contributed by atoms with Gasteiger partial charge < -0.3 is 9.11 Å². The quantitative estimate of drug-likeness (QED) is 0.266. The minimum Gasteiger partial charge on any atom is -0.744 e. The van der Waals surface area contributed by atoms with Crippen LogP contribution in [0.2, 0.25) is 0 Å². The molecule has 0 fully saturated rings. The van der Waals surface area contributed by atoms with Crippen LogP contribution < -0.4 is 59.1 Å². The van der Waals surface area contributed by atoms with E-state index in [0.717, 1.165) is 36.0 Å². The summed E-state index contributed by atoms with van der Waals surface area (Å²) in [5.74, 6) is -0.338. The zero-order valence-electron chi connectivity index (χ0n) is 14.2. The van der Waals surface area contributed by atoms with E-state index in [2.05, 4.69) is 0 Å². The van der Waals surface area contributed by atoms with Crippen LogP contribution in [0.25, 0.3) is 6.08 Å². The molecule has 0 N–H and O–H groups in total. The molecular weight excluding hydrogens is 434 g/mol. The van der Waals surface area contributed by atoms with Crippen molar-refractivity contribution in [1.82, 2.24) is 0 Å². The molecule has 0 radical (unpaired) electrons. The van der Waals surface area contributed by atoms with Gasteiger partial charge in [0, 0.05) is 10.5 Å². The minimum atomic E-state index is -4.62. The van der Waals surface area contributed by atoms with Crippen LogP contribution in [-0.2, 0) is 20.2 Å². The van der Waals surface area contributed by atoms with Gasteiger partial charge in [0.25, 0.3) is 0 Å². The van der Waals surface area contributed by atoms with Crippen LogP contribution in [0.1, 0.15) is 15.9 Å². The van der Waals surface area contributed by atoms with E-state index < -0.39 is 25.1 Å². The summed E-state index contributed by atoms with van der Waals surface area (Å²) in [7, 11) is -9.17. The Morgan fingerprint density at radius 2 is 1.33 bits per heavy atom. The van der Waals surface area contributed by atoms with Crippen molar-refractivity contribution in [1.29, 1.82) is 0 Å². The molecule has 0 bridgehead atoms. The Balaban J connectivity index is 0.00000182. The summed E-state index contributed by atoms with van der Waals surface area (Å²) in [6, 6.07) is 8.53. The van der Waals surface area contributed by atoms with Crippen LogP contribution in [0.3, 0.4) is 0 Å². The van der Waals surface area contributed by atoms with Gasteiger partial charge in [-0.15, -0.1) is 0 Å². The average Bonchev–Trinajstić information content (AvgIpc) is 2.82. The number of carbonyl (C=O) groups excluding carboxylic acids is 1. The summed E-state index contributed by atoms with van der Waals surface area (Å²) in [6.45, 7) is 0. The maximum absolute atomic E-state index is 12.3. The van der Waals surface area contributed by atoms with E-state index >= 15 is 0 Å². The number of hydrogen-bond acceptors (Lipinski definition) is 8. The Bertz CT molecular complexity index is 1120. The number of thioether (sulfide) groups is 1. The molecule has 0 amide bonds. The molecule has 12 heteroatoms. The molecule has 1 aliphatic heterocycles. The third kappa shape index (κ3) is 5.77. The van der Waals surface area contributed by atoms with Crippen molar-refractivity contribution in [3.8, 4) is 0 Å². The Morgan fingerprint density at radius 3 is 1.85 bits per heavy atom. The molecule has 0 saturated heterocycles. The fourth-order valence-electron chi connectivity index (χ4n) is 2.20. The molecule has 1 aliphatic rings. The fraction of sp³-hybridized carbons (Fsp3) is 0. The van der Waals surface area contributed by atoms with E-state index in [1.165, 1.54) is 24.3 Å². The molecule has 0 spiro atoms. The molecular formula is C15H8Na2O7S3. The number of rotatable bonds is 3. The van der Waals surface area contributed by atoms with Gasteiger partial charge in [0.2, 0.25) is 5.78 Å². The van der Waals surface area contributed by atoms with Crippen LogP contribution in [0.4, 0.5) is 0 Å². The van der Waals surface area contributed by atoms with Crippen LogP contribution >= 0.6 is 11.8 Å². The zero-order chi connectivity index (χ0) is 18.4. The van der Waals surface area contributed by atoms with E-state index in [-0.39, 0.29) is 80.3 Å². The van der Waals surface area contributed by atoms with Gasteiger partial charge in [0.05, 0.1) is 14.7 Å². The minimum absolute atomic E-state index is 0. The second kappa shape index (κ2) is 9.23. The Labute approximate surface area is 204 Å². The molecule has 0 aliphatic carbocycles. The van der Waals surface area contributed by atoms with Gasteiger partial charge in [-0.25, -0.2) is 16.8 Å². The van der Waals surface area contributed by atoms with Gasteiger partial charge in [-0.1, -0.05) is 23.9 Å². The smallest absolute Gasteiger partial charge is 0.744 e. The molecule has 0 atom stereocenters. The van der Waals surface area contributed by atoms with Crippen LogP contribution in [-0.4, -0.2) is 31.7 Å². The van der Waals surface area contributed by atoms with Crippen LogP contribution in [0, 0.1) is 0 Å².